The zero-order valence-electron chi connectivity index (χ0n) is 12.2. The number of pyridine rings is 1. The monoisotopic (exact) mass is 332 g/mol. The Balaban J connectivity index is 2.09. The maximum atomic E-state index is 6.13. The smallest absolute Gasteiger partial charge is 0.183 e. The molecule has 0 unspecified atom stereocenters. The van der Waals surface area contributed by atoms with E-state index in [4.69, 9.17) is 23.2 Å². The first-order valence-electron chi connectivity index (χ1n) is 6.90. The maximum Gasteiger partial charge on any atom is 0.183 e. The van der Waals surface area contributed by atoms with Crippen LogP contribution in [0.5, 0.6) is 0 Å². The van der Waals surface area contributed by atoms with Crippen molar-refractivity contribution in [2.45, 2.75) is 19.8 Å². The fourth-order valence-electron chi connectivity index (χ4n) is 2.15. The van der Waals surface area contributed by atoms with Crippen LogP contribution in [0.15, 0.2) is 52.8 Å². The topological polar surface area (TPSA) is 42.0 Å². The molecule has 0 atom stereocenters. The lowest BCUT2D eigenvalue weighted by Gasteiger charge is -2.02. The van der Waals surface area contributed by atoms with Crippen LogP contribution in [0.2, 0.25) is 10.0 Å². The highest BCUT2D eigenvalue weighted by atomic mass is 35.5. The molecule has 0 fully saturated rings. The summed E-state index contributed by atoms with van der Waals surface area (Å²) in [5.41, 5.74) is 2.33. The summed E-state index contributed by atoms with van der Waals surface area (Å²) >= 11 is 12.0. The molecule has 112 valence electrons. The third-order valence-corrected chi connectivity index (χ3v) is 3.78. The summed E-state index contributed by atoms with van der Waals surface area (Å²) < 4.78 is 1.92. The molecule has 0 aliphatic heterocycles. The molecule has 1 aromatic carbocycles. The number of imidazole rings is 1. The van der Waals surface area contributed by atoms with Crippen LogP contribution >= 0.6 is 23.2 Å². The number of benzene rings is 1. The van der Waals surface area contributed by atoms with Crippen molar-refractivity contribution in [3.63, 3.8) is 0 Å². The van der Waals surface area contributed by atoms with Gasteiger partial charge in [0.2, 0.25) is 0 Å². The van der Waals surface area contributed by atoms with Crippen molar-refractivity contribution in [3.8, 4) is 0 Å². The molecule has 0 N–H and O–H groups in total. The van der Waals surface area contributed by atoms with E-state index in [9.17, 15) is 0 Å². The molecule has 22 heavy (non-hydrogen) atoms. The van der Waals surface area contributed by atoms with Crippen LogP contribution in [0.4, 0.5) is 11.5 Å². The number of hydrogen-bond donors (Lipinski definition) is 0. The Labute approximate surface area is 138 Å². The van der Waals surface area contributed by atoms with Crippen molar-refractivity contribution in [3.05, 3.63) is 58.3 Å². The van der Waals surface area contributed by atoms with E-state index in [0.717, 1.165) is 17.2 Å². The highest BCUT2D eigenvalue weighted by molar-refractivity contribution is 6.36. The molecule has 2 heterocycles. The van der Waals surface area contributed by atoms with Gasteiger partial charge in [-0.25, -0.2) is 4.98 Å². The van der Waals surface area contributed by atoms with E-state index in [1.165, 1.54) is 0 Å². The third-order valence-electron chi connectivity index (χ3n) is 3.24. The van der Waals surface area contributed by atoms with Crippen molar-refractivity contribution in [2.75, 3.05) is 0 Å². The molecule has 0 saturated carbocycles. The van der Waals surface area contributed by atoms with E-state index in [-0.39, 0.29) is 5.92 Å². The van der Waals surface area contributed by atoms with Crippen molar-refractivity contribution < 1.29 is 0 Å². The third kappa shape index (κ3) is 2.85. The Morgan fingerprint density at radius 2 is 1.91 bits per heavy atom. The first-order chi connectivity index (χ1) is 10.6. The fraction of sp³-hybridized carbons (Fsp3) is 0.188. The van der Waals surface area contributed by atoms with Gasteiger partial charge in [0.05, 0.1) is 10.7 Å². The van der Waals surface area contributed by atoms with Crippen LogP contribution in [0.3, 0.4) is 0 Å². The van der Waals surface area contributed by atoms with Crippen molar-refractivity contribution in [1.29, 1.82) is 0 Å². The minimum Gasteiger partial charge on any atom is -0.283 e. The number of nitrogens with zero attached hydrogens (tertiary/aromatic N) is 4. The predicted molar refractivity (Wildman–Crippen MR) is 89.9 cm³/mol. The van der Waals surface area contributed by atoms with Crippen LogP contribution in [0.25, 0.3) is 5.65 Å². The summed E-state index contributed by atoms with van der Waals surface area (Å²) in [5.74, 6) is 0.964. The zero-order valence-corrected chi connectivity index (χ0v) is 13.7. The second-order valence-electron chi connectivity index (χ2n) is 5.20. The second kappa shape index (κ2) is 6.07. The normalized spacial score (nSPS) is 11.9. The van der Waals surface area contributed by atoms with Gasteiger partial charge in [-0.05, 0) is 36.2 Å². The van der Waals surface area contributed by atoms with Crippen molar-refractivity contribution >= 4 is 40.4 Å². The largest absolute Gasteiger partial charge is 0.283 e. The highest BCUT2D eigenvalue weighted by Gasteiger charge is 2.14. The number of hydrogen-bond acceptors (Lipinski definition) is 3. The Hall–Kier alpha value is -1.91. The zero-order chi connectivity index (χ0) is 15.7. The van der Waals surface area contributed by atoms with E-state index in [1.807, 2.05) is 28.8 Å². The van der Waals surface area contributed by atoms with E-state index >= 15 is 0 Å². The predicted octanol–water partition coefficient (Wildman–Crippen LogP) is 6.18. The number of azo groups is 1. The minimum absolute atomic E-state index is 0.245. The second-order valence-corrected chi connectivity index (χ2v) is 6.04. The lowest BCUT2D eigenvalue weighted by molar-refractivity contribution is 0.831. The molecule has 0 amide bonds. The molecule has 2 aromatic heterocycles. The lowest BCUT2D eigenvalue weighted by atomic mass is 10.1. The standard InChI is InChI=1S/C16H14Cl2N4/c1-10(2)15-16(22-8-4-3-5-14(22)19-15)21-20-13-7-6-11(17)9-12(13)18/h3-10H,1-2H3. The van der Waals surface area contributed by atoms with Crippen molar-refractivity contribution in [2.24, 2.45) is 10.2 Å². The van der Waals surface area contributed by atoms with Gasteiger partial charge in [-0.15, -0.1) is 10.2 Å². The average molecular weight is 333 g/mol. The van der Waals surface area contributed by atoms with Gasteiger partial charge in [-0.1, -0.05) is 43.1 Å². The van der Waals surface area contributed by atoms with E-state index in [2.05, 4.69) is 29.1 Å². The fourth-order valence-corrected chi connectivity index (χ4v) is 2.60. The molecule has 3 rings (SSSR count). The van der Waals surface area contributed by atoms with Gasteiger partial charge in [0.1, 0.15) is 11.3 Å². The minimum atomic E-state index is 0.245. The number of halogens is 2. The highest BCUT2D eigenvalue weighted by Crippen LogP contribution is 2.32. The summed E-state index contributed by atoms with van der Waals surface area (Å²) in [6.07, 6.45) is 1.92. The molecular formula is C16H14Cl2N4. The Kier molecular flexibility index (Phi) is 4.14. The molecule has 4 nitrogen and oxygen atoms in total. The van der Waals surface area contributed by atoms with Gasteiger partial charge >= 0.3 is 0 Å². The molecule has 0 saturated heterocycles. The lowest BCUT2D eigenvalue weighted by Crippen LogP contribution is -1.87. The summed E-state index contributed by atoms with van der Waals surface area (Å²) in [4.78, 5) is 4.62. The Morgan fingerprint density at radius 3 is 2.64 bits per heavy atom. The first-order valence-corrected chi connectivity index (χ1v) is 7.65. The molecule has 0 bridgehead atoms. The molecule has 0 spiro atoms. The molecule has 0 aliphatic carbocycles. The van der Waals surface area contributed by atoms with E-state index < -0.39 is 0 Å². The Morgan fingerprint density at radius 1 is 1.09 bits per heavy atom. The summed E-state index contributed by atoms with van der Waals surface area (Å²) in [7, 11) is 0. The van der Waals surface area contributed by atoms with Crippen LogP contribution in [-0.4, -0.2) is 9.38 Å². The molecular weight excluding hydrogens is 319 g/mol. The summed E-state index contributed by atoms with van der Waals surface area (Å²) in [6, 6.07) is 11.0. The summed E-state index contributed by atoms with van der Waals surface area (Å²) in [5, 5.41) is 9.67. The van der Waals surface area contributed by atoms with Gasteiger partial charge in [0, 0.05) is 11.2 Å². The van der Waals surface area contributed by atoms with Gasteiger partial charge in [0.25, 0.3) is 0 Å². The molecule has 6 heteroatoms. The van der Waals surface area contributed by atoms with E-state index in [0.29, 0.717) is 15.7 Å². The SMILES string of the molecule is CC(C)c1nc2ccccn2c1N=Nc1ccc(Cl)cc1Cl. The number of aromatic nitrogens is 2. The number of rotatable bonds is 3. The summed E-state index contributed by atoms with van der Waals surface area (Å²) in [6.45, 7) is 4.16. The molecule has 0 aliphatic rings. The van der Waals surface area contributed by atoms with Gasteiger partial charge in [-0.3, -0.25) is 4.40 Å². The van der Waals surface area contributed by atoms with Crippen LogP contribution < -0.4 is 0 Å². The Bertz CT molecular complexity index is 852. The van der Waals surface area contributed by atoms with Crippen LogP contribution in [0, 0.1) is 0 Å². The molecule has 0 radical (unpaired) electrons. The van der Waals surface area contributed by atoms with Crippen LogP contribution in [0.1, 0.15) is 25.5 Å². The average Bonchev–Trinajstić information content (AvgIpc) is 2.85. The van der Waals surface area contributed by atoms with Gasteiger partial charge in [-0.2, -0.15) is 0 Å². The van der Waals surface area contributed by atoms with E-state index in [1.54, 1.807) is 18.2 Å². The van der Waals surface area contributed by atoms with Crippen LogP contribution in [-0.2, 0) is 0 Å². The first kappa shape index (κ1) is 15.0. The number of fused-ring (bicyclic) bond motifs is 1. The van der Waals surface area contributed by atoms with Gasteiger partial charge in [0.15, 0.2) is 5.82 Å². The van der Waals surface area contributed by atoms with Crippen molar-refractivity contribution in [1.82, 2.24) is 9.38 Å². The quantitative estimate of drug-likeness (QED) is 0.528. The maximum absolute atomic E-state index is 6.13. The molecule has 3 aromatic rings. The van der Waals surface area contributed by atoms with Gasteiger partial charge < -0.3 is 0 Å².